The van der Waals surface area contributed by atoms with E-state index in [-0.39, 0.29) is 144 Å². The van der Waals surface area contributed by atoms with Gasteiger partial charge in [-0.2, -0.15) is 0 Å². The number of Topliss-reactive ketones (excluding diaryl/α,β-unsaturated/α-hetero) is 2. The van der Waals surface area contributed by atoms with Crippen molar-refractivity contribution < 1.29 is 136 Å². The van der Waals surface area contributed by atoms with Crippen LogP contribution in [-0.2, 0) is 57.0 Å². The van der Waals surface area contributed by atoms with Crippen LogP contribution in [0.1, 0.15) is 121 Å². The molecule has 4 saturated heterocycles. The molecule has 756 valence electrons. The summed E-state index contributed by atoms with van der Waals surface area (Å²) in [5, 5.41) is 57.1. The van der Waals surface area contributed by atoms with E-state index in [0.29, 0.717) is 58.1 Å². The summed E-state index contributed by atoms with van der Waals surface area (Å²) in [6.07, 6.45) is 1.69. The monoisotopic (exact) mass is 2110 g/mol. The first-order valence-corrected chi connectivity index (χ1v) is 57.0. The Morgan fingerprint density at radius 2 is 0.685 bits per heavy atom. The number of rotatable bonds is 36. The van der Waals surface area contributed by atoms with Gasteiger partial charge in [-0.05, 0) is 146 Å². The molecular weight excluding hydrogens is 2000 g/mol. The van der Waals surface area contributed by atoms with Crippen molar-refractivity contribution in [1.82, 2.24) is 40.9 Å². The van der Waals surface area contributed by atoms with Crippen molar-refractivity contribution in [1.29, 1.82) is 0 Å². The minimum absolute atomic E-state index is 0. The van der Waals surface area contributed by atoms with Crippen LogP contribution < -0.4 is 87.8 Å². The van der Waals surface area contributed by atoms with Crippen LogP contribution >= 0.6 is 59.1 Å². The van der Waals surface area contributed by atoms with E-state index in [1.807, 2.05) is 189 Å². The Balaban J connectivity index is 0.000000181. The van der Waals surface area contributed by atoms with Crippen molar-refractivity contribution in [2.45, 2.75) is 122 Å². The average molecular weight is 2120 g/mol. The van der Waals surface area contributed by atoms with E-state index in [4.69, 9.17) is 18.6 Å². The molecule has 6 aromatic carbocycles. The van der Waals surface area contributed by atoms with E-state index < -0.39 is 118 Å². The largest absolute Gasteiger partial charge is 1.00 e. The molecule has 12 atom stereocenters. The predicted octanol–water partition coefficient (Wildman–Crippen LogP) is 6.69. The molecule has 0 radical (unpaired) electrons. The van der Waals surface area contributed by atoms with Crippen LogP contribution in [-0.4, -0.2) is 233 Å². The molecule has 10 aromatic rings. The van der Waals surface area contributed by atoms with Gasteiger partial charge in [0.2, 0.25) is 23.6 Å². The normalized spacial score (nSPS) is 18.8. The van der Waals surface area contributed by atoms with Gasteiger partial charge in [-0.25, -0.2) is 14.4 Å². The van der Waals surface area contributed by atoms with Crippen LogP contribution in [0.3, 0.4) is 0 Å². The Morgan fingerprint density at radius 3 is 0.986 bits per heavy atom. The quantitative estimate of drug-likeness (QED) is 0.00409. The van der Waals surface area contributed by atoms with Gasteiger partial charge in [-0.1, -0.05) is 220 Å². The van der Waals surface area contributed by atoms with Gasteiger partial charge in [0, 0.05) is 70.1 Å². The maximum atomic E-state index is 14.8. The van der Waals surface area contributed by atoms with E-state index >= 15 is 0 Å². The predicted molar refractivity (Wildman–Crippen MR) is 566 cm³/mol. The zero-order valence-corrected chi connectivity index (χ0v) is 90.6. The number of ether oxygens (including phenoxy) is 3. The van der Waals surface area contributed by atoms with Crippen molar-refractivity contribution >= 4 is 204 Å². The van der Waals surface area contributed by atoms with Gasteiger partial charge in [0.05, 0.1) is 113 Å². The minimum Gasteiger partial charge on any atom is -0.543 e. The summed E-state index contributed by atoms with van der Waals surface area (Å²) in [6, 6.07) is 68.8. The topological polar surface area (TPSA) is 421 Å². The summed E-state index contributed by atoms with van der Waals surface area (Å²) in [6.45, 7) is 17.2. The van der Waals surface area contributed by atoms with E-state index in [1.165, 1.54) is 95.5 Å². The van der Waals surface area contributed by atoms with Gasteiger partial charge >= 0.3 is 47.5 Å². The molecule has 0 bridgehead atoms. The maximum absolute atomic E-state index is 14.8. The Morgan fingerprint density at radius 1 is 0.404 bits per heavy atom. The standard InChI is InChI=1S/C39H43N2O6PSSi.C36H35N2O6PS.C18H20N2O5S.C15H16N2O5S.Na/c1-7-25-46-39(45)38(48(28-17-11-8-12-18-28,29-19-13-9-14-20-29)30-21-15-10-16-22-30)41-31(35(37(41)44)27(2)47-50(4,5)6)26-32(42)33-23-24-34(49-33)36(43)40-3;1-4-22-44-36(43)35(38-28(32(24(2)39)34(38)42)23-29(40)30-20-21-31(46-30)33(41)37-3)45(25-14-8-5-9-15-25,26-16-10-6-11-17-26)27-18-12-7-13-19-27;1-4-7-25-18(24)15-10(12-5-6-13(26-12)16(22)19-3)8-11-14(9(2)21)17(23)20(11)15;1-6(18)11-8-5-7(12(15(21)22)17(8)14(11)20)9-3-4-10(23-9)13(19)16-2;/h7-24,27,31,35H,1,25-26H2,2-6H3,(H,40,43);4-21,24,28,32,39H,1,22-23H2,2-3H3,(H,37,41);4-6,9,11,14,21H,1,7-8H2,2-3H3,(H,19,22);3-4,6,8,11,18H,5H2,1-2H3,(H,16,19)(H,21,22);/q;;;;+1/p-1/t27-,31-,35-;24-,28-,32-;9-,11-,14-;6-,8-,11-;/m1111./s1. The van der Waals surface area contributed by atoms with Gasteiger partial charge in [0.1, 0.15) is 36.4 Å². The number of esters is 3. The number of likely N-dealkylation sites (tertiary alicyclic amines) is 2. The zero-order chi connectivity index (χ0) is 105. The van der Waals surface area contributed by atoms with Crippen LogP contribution in [0, 0.1) is 23.7 Å². The van der Waals surface area contributed by atoms with Crippen LogP contribution in [0.25, 0.3) is 11.1 Å². The second-order valence-electron chi connectivity index (χ2n) is 35.6. The third kappa shape index (κ3) is 22.9. The number of fused-ring (bicyclic) bond motifs is 2. The summed E-state index contributed by atoms with van der Waals surface area (Å²) < 4.78 is 23.3. The molecule has 6 aliphatic heterocycles. The van der Waals surface area contributed by atoms with Crippen molar-refractivity contribution in [3.63, 3.8) is 0 Å². The number of aliphatic hydroxyl groups excluding tert-OH is 3. The number of hydrogen-bond donors (Lipinski definition) is 7. The number of amides is 8. The number of ketones is 2. The molecule has 0 spiro atoms. The van der Waals surface area contributed by atoms with Gasteiger partial charge in [-0.15, -0.1) is 45.3 Å². The number of carbonyl (C=O) groups is 14. The molecule has 38 heteroatoms. The van der Waals surface area contributed by atoms with E-state index in [2.05, 4.69) is 60.6 Å². The zero-order valence-electron chi connectivity index (χ0n) is 82.6. The Bertz CT molecular complexity index is 6620. The number of aliphatic carboxylic acids is 1. The molecule has 146 heavy (non-hydrogen) atoms. The molecule has 6 aliphatic rings. The first-order chi connectivity index (χ1) is 69.4. The SMILES string of the molecule is C=CCOC(=O)C(N1C(=O)[C@H]([C@@H](C)O)[C@H]1CC(=O)c1ccc(C(=O)NC)s1)=P(c1ccccc1)(c1ccccc1)c1ccccc1.C=CCOC(=O)C(N1C(=O)[C@H]([C@@H](C)O[Si](C)(C)C)[C@H]1CC(=O)c1ccc(C(=O)NC)s1)=P(c1ccccc1)(c1ccccc1)c1ccccc1.C=CCOC(=O)C1=C(c2ccc(C(=O)NC)s2)C[C@@H]2[C@@H]([C@@H](C)O)C(=O)N12.CNC(=O)c1ccc(C2=C(C(=O)[O-])N3C(=O)[C@H]([C@@H](C)O)[C@H]3C2)s1.[Na+]. The summed E-state index contributed by atoms with van der Waals surface area (Å²) in [5.74, 6) is -9.22. The van der Waals surface area contributed by atoms with Crippen LogP contribution in [0.4, 0.5) is 0 Å². The number of aliphatic hydroxyl groups is 3. The van der Waals surface area contributed by atoms with Crippen LogP contribution in [0.5, 0.6) is 0 Å². The number of benzene rings is 6. The van der Waals surface area contributed by atoms with Crippen LogP contribution in [0.2, 0.25) is 19.6 Å². The maximum Gasteiger partial charge on any atom is 1.00 e. The fraction of sp³-hybridized carbons (Fsp3) is 0.278. The average Bonchev–Trinajstić information content (AvgIpc) is 1.15. The fourth-order valence-corrected chi connectivity index (χ4v) is 33.1. The molecule has 4 fully saturated rings. The second kappa shape index (κ2) is 49.3. The summed E-state index contributed by atoms with van der Waals surface area (Å²) >= 11 is 4.57. The summed E-state index contributed by atoms with van der Waals surface area (Å²) in [5.41, 5.74) is 1.51. The molecule has 16 rings (SSSR count). The van der Waals surface area contributed by atoms with Gasteiger partial charge < -0.3 is 84.7 Å². The Labute approximate surface area is 885 Å². The minimum atomic E-state index is -3.17. The van der Waals surface area contributed by atoms with Crippen molar-refractivity contribution in [3.8, 4) is 0 Å². The number of β-lactam (4-membered cyclic amide) rings is 4. The molecule has 30 nitrogen and oxygen atoms in total. The number of nitrogens with one attached hydrogen (secondary N) is 4. The third-order valence-corrected chi connectivity index (χ3v) is 39.5. The van der Waals surface area contributed by atoms with Gasteiger partial charge in [-0.3, -0.25) is 47.9 Å². The first kappa shape index (κ1) is 112. The number of carboxylic acid groups (broad SMARTS) is 1. The number of carbonyl (C=O) groups excluding carboxylic acids is 14. The molecule has 0 saturated carbocycles. The van der Waals surface area contributed by atoms with Crippen molar-refractivity contribution in [3.05, 3.63) is 319 Å². The molecule has 4 aromatic heterocycles. The van der Waals surface area contributed by atoms with E-state index in [9.17, 15) is 87.5 Å². The van der Waals surface area contributed by atoms with Crippen LogP contribution in [0.15, 0.2) is 280 Å². The van der Waals surface area contributed by atoms with Gasteiger partial charge in [0.25, 0.3) is 23.6 Å². The Kier molecular flexibility index (Phi) is 37.9. The van der Waals surface area contributed by atoms with E-state index in [1.54, 1.807) is 62.5 Å². The molecule has 0 aliphatic carbocycles. The third-order valence-electron chi connectivity index (χ3n) is 25.4. The first-order valence-electron chi connectivity index (χ1n) is 46.7. The summed E-state index contributed by atoms with van der Waals surface area (Å²) in [7, 11) is 3.99. The number of thiophene rings is 4. The summed E-state index contributed by atoms with van der Waals surface area (Å²) in [4.78, 5) is 192. The molecule has 7 N–H and O–H groups in total. The molecular formula is C108H113N8NaO22P2S4Si. The number of hydrogen-bond acceptors (Lipinski definition) is 26. The van der Waals surface area contributed by atoms with Crippen molar-refractivity contribution in [2.24, 2.45) is 23.7 Å². The fourth-order valence-electron chi connectivity index (χ4n) is 19.2. The van der Waals surface area contributed by atoms with Crippen molar-refractivity contribution in [2.75, 3.05) is 48.0 Å². The number of carboxylic acids is 1. The second-order valence-corrected chi connectivity index (χ2v) is 51.0. The molecule has 10 heterocycles. The molecule has 0 unspecified atom stereocenters. The number of nitrogens with zero attached hydrogens (tertiary/aromatic N) is 4. The molecule has 8 amide bonds. The Hall–Kier alpha value is -12.5. The van der Waals surface area contributed by atoms with E-state index in [0.717, 1.165) is 59.4 Å². The van der Waals surface area contributed by atoms with Gasteiger partial charge in [0.15, 0.2) is 19.9 Å². The smallest absolute Gasteiger partial charge is 0.543 e.